The highest BCUT2D eigenvalue weighted by Crippen LogP contribution is 2.28. The first-order valence-electron chi connectivity index (χ1n) is 8.26. The topological polar surface area (TPSA) is 63.5 Å². The summed E-state index contributed by atoms with van der Waals surface area (Å²) < 4.78 is 1.65. The van der Waals surface area contributed by atoms with Gasteiger partial charge in [0.2, 0.25) is 0 Å². The van der Waals surface area contributed by atoms with Crippen LogP contribution in [0.15, 0.2) is 48.8 Å². The maximum absolute atomic E-state index is 9.66. The van der Waals surface area contributed by atoms with Crippen LogP contribution in [0.1, 0.15) is 43.0 Å². The van der Waals surface area contributed by atoms with Crippen LogP contribution in [0.2, 0.25) is 0 Å². The summed E-state index contributed by atoms with van der Waals surface area (Å²) >= 11 is 0. The molecule has 0 aliphatic carbocycles. The van der Waals surface area contributed by atoms with Crippen LogP contribution >= 0.6 is 0 Å². The van der Waals surface area contributed by atoms with E-state index in [4.69, 9.17) is 5.73 Å². The summed E-state index contributed by atoms with van der Waals surface area (Å²) in [5.74, 6) is 0.188. The van der Waals surface area contributed by atoms with Gasteiger partial charge in [-0.1, -0.05) is 53.7 Å². The Bertz CT molecular complexity index is 679. The fraction of sp³-hybridized carbons (Fsp3) is 0.316. The molecule has 1 aromatic carbocycles. The lowest BCUT2D eigenvalue weighted by molar-refractivity contribution is 0.471. The minimum atomic E-state index is 0. The Hall–Kier alpha value is -2.49. The number of nitrogen functional groups attached to an aromatic ring is 1. The molecule has 0 unspecified atom stereocenters. The number of aromatic hydroxyl groups is 1. The SMILES string of the molecule is CC.CC.CC.Nc1ccc(-c2cc(O)cn3nccc23)cc1.[2HH]. The van der Waals surface area contributed by atoms with Crippen LogP contribution in [0.25, 0.3) is 16.6 Å². The van der Waals surface area contributed by atoms with Crippen molar-refractivity contribution in [2.75, 3.05) is 5.73 Å². The van der Waals surface area contributed by atoms with Crippen molar-refractivity contribution < 1.29 is 6.53 Å². The largest absolute Gasteiger partial charge is 0.506 e. The second-order valence-corrected chi connectivity index (χ2v) is 3.90. The minimum absolute atomic E-state index is 0. The molecule has 0 aliphatic rings. The zero-order chi connectivity index (χ0) is 17.8. The number of anilines is 1. The van der Waals surface area contributed by atoms with E-state index in [9.17, 15) is 5.11 Å². The molecule has 0 atom stereocenters. The van der Waals surface area contributed by atoms with Crippen LogP contribution in [0.5, 0.6) is 5.75 Å². The lowest BCUT2D eigenvalue weighted by Gasteiger charge is -2.06. The monoisotopic (exact) mass is 318 g/mol. The molecule has 128 valence electrons. The van der Waals surface area contributed by atoms with Crippen LogP contribution in [0, 0.1) is 0 Å². The van der Waals surface area contributed by atoms with Gasteiger partial charge in [0.1, 0.15) is 5.75 Å². The second kappa shape index (κ2) is 11.1. The Kier molecular flexibility index (Phi) is 9.92. The summed E-state index contributed by atoms with van der Waals surface area (Å²) in [5, 5.41) is 13.8. The van der Waals surface area contributed by atoms with Crippen molar-refractivity contribution in [1.82, 2.24) is 9.61 Å². The molecule has 4 nitrogen and oxygen atoms in total. The number of benzene rings is 1. The van der Waals surface area contributed by atoms with Crippen molar-refractivity contribution in [3.05, 3.63) is 48.8 Å². The van der Waals surface area contributed by atoms with Gasteiger partial charge >= 0.3 is 0 Å². The van der Waals surface area contributed by atoms with Crippen molar-refractivity contribution in [3.8, 4) is 16.9 Å². The average molecular weight is 318 g/mol. The fourth-order valence-corrected chi connectivity index (χ4v) is 1.91. The maximum Gasteiger partial charge on any atom is 0.134 e. The van der Waals surface area contributed by atoms with Crippen LogP contribution in [0.3, 0.4) is 0 Å². The average Bonchev–Trinajstić information content (AvgIpc) is 3.08. The Morgan fingerprint density at radius 1 is 0.957 bits per heavy atom. The Balaban J connectivity index is 0. The molecular weight excluding hydrogens is 286 g/mol. The molecule has 0 bridgehead atoms. The van der Waals surface area contributed by atoms with Gasteiger partial charge in [-0.3, -0.25) is 0 Å². The molecular formula is C19H31N3O. The molecule has 4 heteroatoms. The maximum atomic E-state index is 9.66. The number of hydrogen-bond acceptors (Lipinski definition) is 3. The third-order valence-electron chi connectivity index (χ3n) is 2.71. The van der Waals surface area contributed by atoms with E-state index < -0.39 is 0 Å². The lowest BCUT2D eigenvalue weighted by Crippen LogP contribution is -1.90. The van der Waals surface area contributed by atoms with E-state index in [1.54, 1.807) is 23.0 Å². The van der Waals surface area contributed by atoms with Gasteiger partial charge in [-0.05, 0) is 29.8 Å². The predicted molar refractivity (Wildman–Crippen MR) is 103 cm³/mol. The fourth-order valence-electron chi connectivity index (χ4n) is 1.91. The number of nitrogens with zero attached hydrogens (tertiary/aromatic N) is 2. The summed E-state index contributed by atoms with van der Waals surface area (Å²) in [6.45, 7) is 12.0. The van der Waals surface area contributed by atoms with Crippen molar-refractivity contribution >= 4 is 11.2 Å². The van der Waals surface area contributed by atoms with Crippen molar-refractivity contribution in [2.45, 2.75) is 41.5 Å². The quantitative estimate of drug-likeness (QED) is 0.573. The lowest BCUT2D eigenvalue weighted by atomic mass is 10.1. The first kappa shape index (κ1) is 20.5. The highest BCUT2D eigenvalue weighted by Gasteiger charge is 2.06. The standard InChI is InChI=1S/C13H11N3O.3C2H6.H2/c14-10-3-1-9(2-4-10)12-7-11(17)8-16-13(12)5-6-15-16;3*1-2;/h1-8,17H,14H2;3*1-2H3;1H/i;;;;1+1. The number of nitrogens with two attached hydrogens (primary N) is 1. The van der Waals surface area contributed by atoms with Crippen molar-refractivity contribution in [3.63, 3.8) is 0 Å². The Morgan fingerprint density at radius 2 is 1.52 bits per heavy atom. The molecule has 23 heavy (non-hydrogen) atoms. The van der Waals surface area contributed by atoms with Gasteiger partial charge in [0.05, 0.1) is 17.9 Å². The second-order valence-electron chi connectivity index (χ2n) is 3.90. The zero-order valence-corrected chi connectivity index (χ0v) is 15.0. The van der Waals surface area contributed by atoms with Gasteiger partial charge in [0, 0.05) is 12.7 Å². The third-order valence-corrected chi connectivity index (χ3v) is 2.71. The molecule has 0 saturated carbocycles. The Morgan fingerprint density at radius 3 is 2.09 bits per heavy atom. The highest BCUT2D eigenvalue weighted by atomic mass is 16.3. The molecule has 2 heterocycles. The van der Waals surface area contributed by atoms with Crippen LogP contribution in [-0.4, -0.2) is 14.7 Å². The smallest absolute Gasteiger partial charge is 0.134 e. The van der Waals surface area contributed by atoms with Crippen molar-refractivity contribution in [2.24, 2.45) is 0 Å². The van der Waals surface area contributed by atoms with Gasteiger partial charge in [0.25, 0.3) is 0 Å². The summed E-state index contributed by atoms with van der Waals surface area (Å²) in [6.07, 6.45) is 3.28. The van der Waals surface area contributed by atoms with E-state index in [0.29, 0.717) is 0 Å². The van der Waals surface area contributed by atoms with Gasteiger partial charge in [-0.15, -0.1) is 0 Å². The molecule has 3 rings (SSSR count). The van der Waals surface area contributed by atoms with Crippen molar-refractivity contribution in [1.29, 1.82) is 0 Å². The molecule has 0 amide bonds. The van der Waals surface area contributed by atoms with Crippen LogP contribution in [-0.2, 0) is 0 Å². The minimum Gasteiger partial charge on any atom is -0.506 e. The molecule has 2 aromatic heterocycles. The van der Waals surface area contributed by atoms with Crippen LogP contribution < -0.4 is 5.73 Å². The number of hydrogen-bond donors (Lipinski definition) is 2. The van der Waals surface area contributed by atoms with E-state index in [-0.39, 0.29) is 7.18 Å². The van der Waals surface area contributed by atoms with Gasteiger partial charge in [-0.25, -0.2) is 4.52 Å². The molecule has 0 saturated heterocycles. The first-order valence-corrected chi connectivity index (χ1v) is 8.26. The van der Waals surface area contributed by atoms with E-state index in [1.807, 2.05) is 71.9 Å². The van der Waals surface area contributed by atoms with E-state index in [2.05, 4.69) is 5.10 Å². The zero-order valence-electron chi connectivity index (χ0n) is 15.0. The van der Waals surface area contributed by atoms with Gasteiger partial charge in [-0.2, -0.15) is 5.10 Å². The molecule has 0 spiro atoms. The Labute approximate surface area is 141 Å². The summed E-state index contributed by atoms with van der Waals surface area (Å²) in [6, 6.07) is 11.2. The number of rotatable bonds is 1. The summed E-state index contributed by atoms with van der Waals surface area (Å²) in [4.78, 5) is 0. The normalized spacial score (nSPS) is 8.78. The number of pyridine rings is 1. The summed E-state index contributed by atoms with van der Waals surface area (Å²) in [5.41, 5.74) is 9.27. The molecule has 3 aromatic rings. The highest BCUT2D eigenvalue weighted by molar-refractivity contribution is 5.81. The van der Waals surface area contributed by atoms with Crippen LogP contribution in [0.4, 0.5) is 5.69 Å². The van der Waals surface area contributed by atoms with E-state index in [1.165, 1.54) is 0 Å². The molecule has 0 fully saturated rings. The van der Waals surface area contributed by atoms with E-state index >= 15 is 0 Å². The van der Waals surface area contributed by atoms with E-state index in [0.717, 1.165) is 22.3 Å². The summed E-state index contributed by atoms with van der Waals surface area (Å²) in [7, 11) is 0. The van der Waals surface area contributed by atoms with Gasteiger partial charge in [0.15, 0.2) is 0 Å². The molecule has 0 radical (unpaired) electrons. The molecule has 0 aliphatic heterocycles. The number of aromatic nitrogens is 2. The number of fused-ring (bicyclic) bond motifs is 1. The third kappa shape index (κ3) is 5.33. The van der Waals surface area contributed by atoms with Gasteiger partial charge < -0.3 is 10.8 Å². The predicted octanol–water partition coefficient (Wildman–Crippen LogP) is 5.61. The molecule has 3 N–H and O–H groups in total. The first-order chi connectivity index (χ1) is 11.2.